The van der Waals surface area contributed by atoms with Crippen LogP contribution in [0.2, 0.25) is 0 Å². The van der Waals surface area contributed by atoms with Gasteiger partial charge in [0.15, 0.2) is 5.60 Å². The fourth-order valence-corrected chi connectivity index (χ4v) is 11.4. The molecule has 308 valence electrons. The predicted octanol–water partition coefficient (Wildman–Crippen LogP) is -3.51. The van der Waals surface area contributed by atoms with E-state index in [0.29, 0.717) is 32.0 Å². The number of carbonyl (C=O) groups is 6. The Bertz CT molecular complexity index is 1600. The highest BCUT2D eigenvalue weighted by atomic mass is 16.6. The molecule has 9 atom stereocenters. The number of imide groups is 2. The quantitative estimate of drug-likeness (QED) is 0.132. The van der Waals surface area contributed by atoms with Gasteiger partial charge in [0.25, 0.3) is 0 Å². The average molecular weight is 783 g/mol. The topological polar surface area (TPSA) is 217 Å². The molecule has 7 unspecified atom stereocenters. The van der Waals surface area contributed by atoms with Crippen LogP contribution in [-0.2, 0) is 28.7 Å². The lowest BCUT2D eigenvalue weighted by Gasteiger charge is -2.52. The lowest BCUT2D eigenvalue weighted by molar-refractivity contribution is -0.151. The summed E-state index contributed by atoms with van der Waals surface area (Å²) in [6, 6.07) is -0.557. The highest BCUT2D eigenvalue weighted by Crippen LogP contribution is 2.43. The Morgan fingerprint density at radius 3 is 2.36 bits per heavy atom. The van der Waals surface area contributed by atoms with Crippen molar-refractivity contribution in [3.05, 3.63) is 0 Å². The van der Waals surface area contributed by atoms with Crippen molar-refractivity contribution in [3.63, 3.8) is 0 Å². The molecule has 7 N–H and O–H groups in total. The fourth-order valence-electron chi connectivity index (χ4n) is 11.4. The lowest BCUT2D eigenvalue weighted by Crippen LogP contribution is -2.74. The number of nitrogens with one attached hydrogen (secondary N) is 5. The summed E-state index contributed by atoms with van der Waals surface area (Å²) in [7, 11) is 2.00. The number of piperazine rings is 1. The normalized spacial score (nSPS) is 39.2. The molecule has 1 spiro atoms. The molecule has 6 amide bonds. The van der Waals surface area contributed by atoms with Crippen molar-refractivity contribution in [1.82, 2.24) is 56.2 Å². The first-order chi connectivity index (χ1) is 26.9. The Kier molecular flexibility index (Phi) is 10.3. The second-order valence-corrected chi connectivity index (χ2v) is 17.9. The summed E-state index contributed by atoms with van der Waals surface area (Å²) >= 11 is 0. The molecule has 0 aromatic carbocycles. The average Bonchev–Trinajstić information content (AvgIpc) is 3.83. The van der Waals surface area contributed by atoms with Crippen molar-refractivity contribution < 1.29 is 33.5 Å². The number of carbonyl (C=O) groups excluding carboxylic acids is 6. The highest BCUT2D eigenvalue weighted by Gasteiger charge is 2.58. The van der Waals surface area contributed by atoms with E-state index in [-0.39, 0.29) is 73.0 Å². The minimum absolute atomic E-state index is 0.0145. The molecule has 19 nitrogen and oxygen atoms in total. The van der Waals surface area contributed by atoms with E-state index < -0.39 is 35.4 Å². The third kappa shape index (κ3) is 7.11. The van der Waals surface area contributed by atoms with Crippen LogP contribution in [0.1, 0.15) is 57.8 Å². The number of hydrazine groups is 1. The fraction of sp³-hybridized carbons (Fsp3) is 0.838. The van der Waals surface area contributed by atoms with E-state index in [2.05, 4.69) is 41.4 Å². The van der Waals surface area contributed by atoms with Gasteiger partial charge in [-0.25, -0.2) is 9.80 Å². The molecule has 0 radical (unpaired) electrons. The Hall–Kier alpha value is -3.30. The number of fused-ring (bicyclic) bond motifs is 1. The number of rotatable bonds is 8. The van der Waals surface area contributed by atoms with Gasteiger partial charge in [-0.2, -0.15) is 0 Å². The Labute approximate surface area is 327 Å². The Morgan fingerprint density at radius 1 is 0.839 bits per heavy atom. The number of piperidine rings is 3. The summed E-state index contributed by atoms with van der Waals surface area (Å²) in [5.41, 5.74) is 8.59. The number of primary amides is 1. The van der Waals surface area contributed by atoms with E-state index in [1.54, 1.807) is 0 Å². The van der Waals surface area contributed by atoms with Crippen LogP contribution in [0.4, 0.5) is 4.79 Å². The molecule has 1 saturated carbocycles. The van der Waals surface area contributed by atoms with E-state index in [1.807, 2.05) is 17.0 Å². The van der Waals surface area contributed by atoms with Crippen LogP contribution in [0.5, 0.6) is 0 Å². The van der Waals surface area contributed by atoms with Crippen molar-refractivity contribution >= 4 is 35.6 Å². The molecule has 1 aliphatic carbocycles. The van der Waals surface area contributed by atoms with Gasteiger partial charge in [-0.3, -0.25) is 64.9 Å². The maximum Gasteiger partial charge on any atom is 0.410 e. The number of amides is 6. The van der Waals surface area contributed by atoms with Crippen LogP contribution in [0, 0.1) is 11.8 Å². The molecular weight excluding hydrogens is 724 g/mol. The van der Waals surface area contributed by atoms with Crippen LogP contribution >= 0.6 is 0 Å². The van der Waals surface area contributed by atoms with E-state index in [1.165, 1.54) is 4.90 Å². The second-order valence-electron chi connectivity index (χ2n) is 17.9. The van der Waals surface area contributed by atoms with Gasteiger partial charge < -0.3 is 20.7 Å². The SMILES string of the molecule is CN1CC(NC2NC(N3CCC[C@@H](N4CC5(CN(C6CCN(C7CCC8C(=O)N([C@H]9CCC(=O)NC9=O)C(=O)C8C7)CC6)C5)OC4=O)C3)CNC2C(N)=O)CN1. The number of likely N-dealkylation sites (tertiary alicyclic amines) is 4. The number of ether oxygens (including phenoxy) is 1. The molecule has 8 heterocycles. The van der Waals surface area contributed by atoms with Crippen molar-refractivity contribution in [1.29, 1.82) is 0 Å². The molecule has 19 heteroatoms. The molecular formula is C37H58N12O7. The summed E-state index contributed by atoms with van der Waals surface area (Å²) in [5, 5.41) is 14.9. The summed E-state index contributed by atoms with van der Waals surface area (Å²) in [6.45, 7) is 7.68. The van der Waals surface area contributed by atoms with Gasteiger partial charge in [-0.05, 0) is 71.0 Å². The first-order valence-corrected chi connectivity index (χ1v) is 20.9. The summed E-state index contributed by atoms with van der Waals surface area (Å²) in [4.78, 5) is 87.1. The number of likely N-dealkylation sites (N-methyl/N-ethyl adjacent to an activating group) is 1. The predicted molar refractivity (Wildman–Crippen MR) is 199 cm³/mol. The van der Waals surface area contributed by atoms with Crippen LogP contribution in [-0.4, -0.2) is 192 Å². The van der Waals surface area contributed by atoms with Gasteiger partial charge in [0, 0.05) is 76.9 Å². The number of hydrogen-bond donors (Lipinski definition) is 6. The maximum absolute atomic E-state index is 13.5. The molecule has 8 aliphatic heterocycles. The van der Waals surface area contributed by atoms with E-state index in [4.69, 9.17) is 10.5 Å². The number of nitrogens with zero attached hydrogens (tertiary/aromatic N) is 6. The van der Waals surface area contributed by atoms with Crippen molar-refractivity contribution in [2.45, 2.75) is 112 Å². The van der Waals surface area contributed by atoms with Crippen LogP contribution < -0.4 is 32.4 Å². The molecule has 0 aromatic heterocycles. The minimum atomic E-state index is -0.885. The van der Waals surface area contributed by atoms with Gasteiger partial charge in [0.2, 0.25) is 29.5 Å². The molecule has 9 rings (SSSR count). The molecule has 0 aromatic rings. The molecule has 9 aliphatic rings. The number of nitrogens with two attached hydrogens (primary N) is 1. The third-order valence-electron chi connectivity index (χ3n) is 14.3. The van der Waals surface area contributed by atoms with Crippen LogP contribution in [0.15, 0.2) is 0 Å². The van der Waals surface area contributed by atoms with Crippen LogP contribution in [0.3, 0.4) is 0 Å². The van der Waals surface area contributed by atoms with Gasteiger partial charge >= 0.3 is 6.09 Å². The lowest BCUT2D eigenvalue weighted by atomic mass is 9.77. The van der Waals surface area contributed by atoms with E-state index in [9.17, 15) is 28.8 Å². The second kappa shape index (κ2) is 15.1. The van der Waals surface area contributed by atoms with Crippen molar-refractivity contribution in [3.8, 4) is 0 Å². The highest BCUT2D eigenvalue weighted by molar-refractivity contribution is 6.10. The van der Waals surface area contributed by atoms with Gasteiger partial charge in [-0.15, -0.1) is 0 Å². The Morgan fingerprint density at radius 2 is 1.62 bits per heavy atom. The Balaban J connectivity index is 0.741. The zero-order valence-electron chi connectivity index (χ0n) is 32.3. The first-order valence-electron chi connectivity index (χ1n) is 20.9. The van der Waals surface area contributed by atoms with E-state index >= 15 is 0 Å². The molecule has 56 heavy (non-hydrogen) atoms. The first kappa shape index (κ1) is 38.2. The monoisotopic (exact) mass is 782 g/mol. The van der Waals surface area contributed by atoms with E-state index in [0.717, 1.165) is 84.5 Å². The van der Waals surface area contributed by atoms with Crippen LogP contribution in [0.25, 0.3) is 0 Å². The van der Waals surface area contributed by atoms with Crippen molar-refractivity contribution in [2.75, 3.05) is 72.5 Å². The minimum Gasteiger partial charge on any atom is -0.438 e. The molecule has 9 fully saturated rings. The maximum atomic E-state index is 13.5. The van der Waals surface area contributed by atoms with Gasteiger partial charge in [0.1, 0.15) is 12.1 Å². The summed E-state index contributed by atoms with van der Waals surface area (Å²) in [5.74, 6) is -2.59. The molecule has 8 saturated heterocycles. The third-order valence-corrected chi connectivity index (χ3v) is 14.3. The zero-order valence-corrected chi connectivity index (χ0v) is 32.3. The number of hydrogen-bond acceptors (Lipinski definition) is 15. The summed E-state index contributed by atoms with van der Waals surface area (Å²) < 4.78 is 6.14. The largest absolute Gasteiger partial charge is 0.438 e. The van der Waals surface area contributed by atoms with Crippen molar-refractivity contribution in [2.24, 2.45) is 17.6 Å². The standard InChI is InChI=1S/C37H58N12O7/c1-44-16-21(14-40-44)41-32-30(31(38)51)39-15-28(42-32)46-10-2-3-24(17-46)48-20-37(56-36(48)55)18-47(19-37)22-8-11-45(12-9-22)23-4-5-25-26(13-23)35(54)49(34(25)53)27-6-7-29(50)43-33(27)52/h21-28,30,32,39-42H,2-20H2,1H3,(H2,38,51)(H,43,50,52)/t21?,23?,24-,25?,26?,27+,28?,30?,32?/m1/s1. The zero-order chi connectivity index (χ0) is 38.9. The van der Waals surface area contributed by atoms with Gasteiger partial charge in [-0.1, -0.05) is 0 Å². The summed E-state index contributed by atoms with van der Waals surface area (Å²) in [6.07, 6.45) is 5.75. The van der Waals surface area contributed by atoms with Gasteiger partial charge in [0.05, 0.1) is 30.7 Å². The smallest absolute Gasteiger partial charge is 0.410 e. The molecule has 0 bridgehead atoms.